The van der Waals surface area contributed by atoms with E-state index in [1.165, 1.54) is 4.88 Å². The van der Waals surface area contributed by atoms with Crippen LogP contribution in [0.1, 0.15) is 47.5 Å². The molecule has 0 spiro atoms. The van der Waals surface area contributed by atoms with E-state index in [0.717, 1.165) is 35.0 Å². The van der Waals surface area contributed by atoms with E-state index in [1.807, 2.05) is 0 Å². The fraction of sp³-hybridized carbons (Fsp3) is 0.474. The quantitative estimate of drug-likeness (QED) is 0.676. The second-order valence-electron chi connectivity index (χ2n) is 7.13. The predicted molar refractivity (Wildman–Crippen MR) is 101 cm³/mol. The van der Waals surface area contributed by atoms with Crippen LogP contribution in [0.5, 0.6) is 0 Å². The zero-order valence-corrected chi connectivity index (χ0v) is 16.1. The van der Waals surface area contributed by atoms with Gasteiger partial charge >= 0.3 is 5.97 Å². The first-order valence-corrected chi connectivity index (χ1v) is 9.92. The molecule has 3 aromatic rings. The Bertz CT molecular complexity index is 1050. The Labute approximate surface area is 159 Å². The Kier molecular flexibility index (Phi) is 4.82. The number of nitrogens with zero attached hydrogens (tertiary/aromatic N) is 2. The van der Waals surface area contributed by atoms with Crippen LogP contribution >= 0.6 is 11.3 Å². The summed E-state index contributed by atoms with van der Waals surface area (Å²) in [6, 6.07) is 1.72. The van der Waals surface area contributed by atoms with E-state index in [9.17, 15) is 9.59 Å². The van der Waals surface area contributed by atoms with E-state index in [1.54, 1.807) is 24.3 Å². The summed E-state index contributed by atoms with van der Waals surface area (Å²) in [4.78, 5) is 34.0. The lowest BCUT2D eigenvalue weighted by Gasteiger charge is -2.17. The summed E-state index contributed by atoms with van der Waals surface area (Å²) >= 11 is 1.61. The Morgan fingerprint density at radius 1 is 1.48 bits per heavy atom. The van der Waals surface area contributed by atoms with Crippen LogP contribution in [0.3, 0.4) is 0 Å². The van der Waals surface area contributed by atoms with Crippen LogP contribution in [0.15, 0.2) is 15.4 Å². The number of H-pyrrole nitrogens is 1. The van der Waals surface area contributed by atoms with Crippen molar-refractivity contribution in [3.8, 4) is 0 Å². The van der Waals surface area contributed by atoms with Crippen molar-refractivity contribution >= 4 is 27.5 Å². The van der Waals surface area contributed by atoms with Crippen molar-refractivity contribution in [2.45, 2.75) is 52.6 Å². The summed E-state index contributed by atoms with van der Waals surface area (Å²) in [5.41, 5.74) is 1.64. The zero-order valence-electron chi connectivity index (χ0n) is 15.3. The van der Waals surface area contributed by atoms with Gasteiger partial charge in [0.25, 0.3) is 5.56 Å². The molecule has 4 rings (SSSR count). The molecule has 7 nitrogen and oxygen atoms in total. The molecule has 0 radical (unpaired) electrons. The van der Waals surface area contributed by atoms with Crippen molar-refractivity contribution in [3.05, 3.63) is 44.1 Å². The maximum atomic E-state index is 12.5. The highest BCUT2D eigenvalue weighted by Gasteiger charge is 2.23. The molecule has 3 heterocycles. The molecule has 0 amide bonds. The van der Waals surface area contributed by atoms with Gasteiger partial charge in [-0.15, -0.1) is 11.3 Å². The monoisotopic (exact) mass is 387 g/mol. The van der Waals surface area contributed by atoms with Gasteiger partial charge in [-0.05, 0) is 37.7 Å². The molecule has 142 valence electrons. The van der Waals surface area contributed by atoms with Gasteiger partial charge in [0, 0.05) is 17.4 Å². The first-order valence-electron chi connectivity index (χ1n) is 9.11. The number of hydrogen-bond donors (Lipinski definition) is 1. The standard InChI is InChI=1S/C19H21N3O4S/c1-10-3-4-13-14(7-10)27-19-17(13)18(24)20-15(21-19)5-6-16(23)25-9-12-8-11(2)26-22-12/h8,10H,3-7,9H2,1-2H3,(H,20,21,24)/t10-/m0/s1. The van der Waals surface area contributed by atoms with Crippen molar-refractivity contribution in [1.82, 2.24) is 15.1 Å². The molecule has 8 heteroatoms. The number of esters is 1. The normalized spacial score (nSPS) is 16.4. The molecule has 0 aliphatic heterocycles. The van der Waals surface area contributed by atoms with Crippen LogP contribution in [0.2, 0.25) is 0 Å². The van der Waals surface area contributed by atoms with Crippen molar-refractivity contribution in [1.29, 1.82) is 0 Å². The Balaban J connectivity index is 1.43. The summed E-state index contributed by atoms with van der Waals surface area (Å²) in [6.07, 6.45) is 3.54. The van der Waals surface area contributed by atoms with E-state index < -0.39 is 0 Å². The van der Waals surface area contributed by atoms with Gasteiger partial charge in [0.05, 0.1) is 11.8 Å². The molecule has 3 aromatic heterocycles. The number of nitrogens with one attached hydrogen (secondary N) is 1. The SMILES string of the molecule is Cc1cc(COC(=O)CCc2nc3sc4c(c3c(=O)[nH]2)CC[C@H](C)C4)no1. The molecule has 1 N–H and O–H groups in total. The van der Waals surface area contributed by atoms with E-state index in [2.05, 4.69) is 22.0 Å². The average Bonchev–Trinajstić information content (AvgIpc) is 3.20. The smallest absolute Gasteiger partial charge is 0.306 e. The number of ether oxygens (including phenoxy) is 1. The molecular weight excluding hydrogens is 366 g/mol. The van der Waals surface area contributed by atoms with Crippen LogP contribution in [-0.4, -0.2) is 21.1 Å². The van der Waals surface area contributed by atoms with Crippen molar-refractivity contribution < 1.29 is 14.1 Å². The number of rotatable bonds is 5. The second-order valence-corrected chi connectivity index (χ2v) is 8.22. The van der Waals surface area contributed by atoms with Gasteiger partial charge in [0.1, 0.15) is 28.7 Å². The van der Waals surface area contributed by atoms with Crippen LogP contribution in [0, 0.1) is 12.8 Å². The molecule has 1 atom stereocenters. The van der Waals surface area contributed by atoms with Crippen LogP contribution in [0.4, 0.5) is 0 Å². The number of hydrogen-bond acceptors (Lipinski definition) is 7. The molecular formula is C19H21N3O4S. The van der Waals surface area contributed by atoms with E-state index >= 15 is 0 Å². The third kappa shape index (κ3) is 3.80. The van der Waals surface area contributed by atoms with Gasteiger partial charge in [-0.2, -0.15) is 0 Å². The number of carbonyl (C=O) groups excluding carboxylic acids is 1. The van der Waals surface area contributed by atoms with Crippen molar-refractivity contribution in [3.63, 3.8) is 0 Å². The highest BCUT2D eigenvalue weighted by molar-refractivity contribution is 7.18. The predicted octanol–water partition coefficient (Wildman–Crippen LogP) is 3.08. The lowest BCUT2D eigenvalue weighted by atomic mass is 9.89. The number of carbonyl (C=O) groups is 1. The molecule has 27 heavy (non-hydrogen) atoms. The van der Waals surface area contributed by atoms with Gasteiger partial charge in [-0.1, -0.05) is 12.1 Å². The average molecular weight is 387 g/mol. The van der Waals surface area contributed by atoms with Crippen molar-refractivity contribution in [2.75, 3.05) is 0 Å². The molecule has 0 saturated carbocycles. The summed E-state index contributed by atoms with van der Waals surface area (Å²) < 4.78 is 10.1. The minimum Gasteiger partial charge on any atom is -0.459 e. The minimum absolute atomic E-state index is 0.0784. The zero-order chi connectivity index (χ0) is 19.0. The van der Waals surface area contributed by atoms with Gasteiger partial charge in [-0.25, -0.2) is 4.98 Å². The largest absolute Gasteiger partial charge is 0.459 e. The third-order valence-corrected chi connectivity index (χ3v) is 5.99. The molecule has 0 saturated heterocycles. The fourth-order valence-corrected chi connectivity index (χ4v) is 4.85. The highest BCUT2D eigenvalue weighted by atomic mass is 32.1. The van der Waals surface area contributed by atoms with Gasteiger partial charge in [-0.3, -0.25) is 9.59 Å². The van der Waals surface area contributed by atoms with Gasteiger partial charge < -0.3 is 14.2 Å². The third-order valence-electron chi connectivity index (χ3n) is 4.84. The van der Waals surface area contributed by atoms with Crippen LogP contribution < -0.4 is 5.56 Å². The Hall–Kier alpha value is -2.48. The number of aryl methyl sites for hydroxylation is 3. The summed E-state index contributed by atoms with van der Waals surface area (Å²) in [5, 5.41) is 4.51. The van der Waals surface area contributed by atoms with Gasteiger partial charge in [0.15, 0.2) is 0 Å². The van der Waals surface area contributed by atoms with E-state index in [0.29, 0.717) is 29.6 Å². The maximum absolute atomic E-state index is 12.5. The van der Waals surface area contributed by atoms with E-state index in [-0.39, 0.29) is 24.6 Å². The topological polar surface area (TPSA) is 98.1 Å². The molecule has 0 fully saturated rings. The van der Waals surface area contributed by atoms with Gasteiger partial charge in [0.2, 0.25) is 0 Å². The number of aromatic amines is 1. The maximum Gasteiger partial charge on any atom is 0.306 e. The molecule has 0 unspecified atom stereocenters. The highest BCUT2D eigenvalue weighted by Crippen LogP contribution is 2.35. The lowest BCUT2D eigenvalue weighted by Crippen LogP contribution is -2.15. The first kappa shape index (κ1) is 17.9. The summed E-state index contributed by atoms with van der Waals surface area (Å²) in [6.45, 7) is 4.09. The first-order chi connectivity index (χ1) is 13.0. The number of aromatic nitrogens is 3. The number of fused-ring (bicyclic) bond motifs is 3. The Morgan fingerprint density at radius 2 is 2.33 bits per heavy atom. The molecule has 0 bridgehead atoms. The molecule has 0 aromatic carbocycles. The van der Waals surface area contributed by atoms with Crippen LogP contribution in [-0.2, 0) is 35.4 Å². The minimum atomic E-state index is -0.363. The lowest BCUT2D eigenvalue weighted by molar-refractivity contribution is -0.145. The molecule has 1 aliphatic carbocycles. The van der Waals surface area contributed by atoms with Crippen molar-refractivity contribution in [2.24, 2.45) is 5.92 Å². The van der Waals surface area contributed by atoms with E-state index in [4.69, 9.17) is 9.26 Å². The second kappa shape index (κ2) is 7.26. The molecule has 1 aliphatic rings. The fourth-order valence-electron chi connectivity index (χ4n) is 3.44. The number of thiophene rings is 1. The summed E-state index contributed by atoms with van der Waals surface area (Å²) in [7, 11) is 0. The van der Waals surface area contributed by atoms with Crippen LogP contribution in [0.25, 0.3) is 10.2 Å². The summed E-state index contributed by atoms with van der Waals surface area (Å²) in [5.74, 6) is 1.47. The Morgan fingerprint density at radius 3 is 3.11 bits per heavy atom.